The van der Waals surface area contributed by atoms with Gasteiger partial charge in [-0.2, -0.15) is 13.2 Å². The van der Waals surface area contributed by atoms with Crippen molar-refractivity contribution < 1.29 is 30.7 Å². The van der Waals surface area contributed by atoms with E-state index in [1.165, 1.54) is 18.2 Å². The van der Waals surface area contributed by atoms with E-state index in [1.807, 2.05) is 0 Å². The van der Waals surface area contributed by atoms with Crippen LogP contribution in [0.4, 0.5) is 13.2 Å². The highest BCUT2D eigenvalue weighted by atomic mass is 32.2. The van der Waals surface area contributed by atoms with Gasteiger partial charge in [0.2, 0.25) is 11.2 Å². The molecule has 0 saturated carbocycles. The average molecular weight is 465 g/mol. The highest BCUT2D eigenvalue weighted by molar-refractivity contribution is 7.91. The number of hydrogen-bond donors (Lipinski definition) is 0. The Balaban J connectivity index is 1.68. The molecular weight excluding hydrogens is 447 g/mol. The second kappa shape index (κ2) is 7.35. The SMILES string of the molecule is O=c1c(-c2ccccc2)c(C(F)(F)F)oc2c3c(ccc12)OCN(C1CCS(=O)(=O)C1)C3. The molecule has 6 nitrogen and oxygen atoms in total. The van der Waals surface area contributed by atoms with Gasteiger partial charge in [0.25, 0.3) is 0 Å². The molecule has 2 aromatic carbocycles. The summed E-state index contributed by atoms with van der Waals surface area (Å²) in [6.07, 6.45) is -4.47. The lowest BCUT2D eigenvalue weighted by Crippen LogP contribution is -2.41. The van der Waals surface area contributed by atoms with Gasteiger partial charge in [0, 0.05) is 12.6 Å². The van der Waals surface area contributed by atoms with E-state index in [9.17, 15) is 26.4 Å². The van der Waals surface area contributed by atoms with Gasteiger partial charge >= 0.3 is 6.18 Å². The highest BCUT2D eigenvalue weighted by Gasteiger charge is 2.40. The summed E-state index contributed by atoms with van der Waals surface area (Å²) < 4.78 is 76.6. The number of benzene rings is 2. The lowest BCUT2D eigenvalue weighted by atomic mass is 9.99. The lowest BCUT2D eigenvalue weighted by Gasteiger charge is -2.33. The molecule has 3 heterocycles. The molecule has 1 atom stereocenters. The maximum absolute atomic E-state index is 13.9. The molecule has 0 radical (unpaired) electrons. The fourth-order valence-electron chi connectivity index (χ4n) is 4.35. The smallest absolute Gasteiger partial charge is 0.450 e. The monoisotopic (exact) mass is 465 g/mol. The van der Waals surface area contributed by atoms with Gasteiger partial charge in [0.15, 0.2) is 9.84 Å². The Morgan fingerprint density at radius 2 is 1.81 bits per heavy atom. The summed E-state index contributed by atoms with van der Waals surface area (Å²) in [6, 6.07) is 10.2. The number of fused-ring (bicyclic) bond motifs is 3. The van der Waals surface area contributed by atoms with Gasteiger partial charge in [0.1, 0.15) is 18.1 Å². The van der Waals surface area contributed by atoms with Crippen LogP contribution in [0.25, 0.3) is 22.1 Å². The molecule has 10 heteroatoms. The molecule has 2 aliphatic heterocycles. The number of rotatable bonds is 2. The predicted molar refractivity (Wildman–Crippen MR) is 111 cm³/mol. The fraction of sp³-hybridized carbons (Fsp3) is 0.318. The number of hydrogen-bond acceptors (Lipinski definition) is 6. The maximum atomic E-state index is 13.9. The molecule has 2 aliphatic rings. The van der Waals surface area contributed by atoms with Gasteiger partial charge < -0.3 is 9.15 Å². The molecular formula is C22H18F3NO5S. The van der Waals surface area contributed by atoms with E-state index in [1.54, 1.807) is 29.2 Å². The van der Waals surface area contributed by atoms with Crippen molar-refractivity contribution in [2.24, 2.45) is 0 Å². The zero-order valence-corrected chi connectivity index (χ0v) is 17.5. The van der Waals surface area contributed by atoms with Gasteiger partial charge in [-0.1, -0.05) is 30.3 Å². The summed E-state index contributed by atoms with van der Waals surface area (Å²) in [5.74, 6) is -1.02. The minimum absolute atomic E-state index is 0.0140. The van der Waals surface area contributed by atoms with Crippen LogP contribution in [-0.2, 0) is 22.6 Å². The molecule has 5 rings (SSSR count). The Kier molecular flexibility index (Phi) is 4.82. The Morgan fingerprint density at radius 3 is 2.47 bits per heavy atom. The fourth-order valence-corrected chi connectivity index (χ4v) is 6.11. The quantitative estimate of drug-likeness (QED) is 0.573. The minimum Gasteiger partial charge on any atom is -0.478 e. The van der Waals surface area contributed by atoms with Crippen molar-refractivity contribution in [2.45, 2.75) is 25.2 Å². The standard InChI is InChI=1S/C22H18F3NO5S/c23-22(24,25)21-18(13-4-2-1-3-5-13)19(27)15-6-7-17-16(20(15)31-21)10-26(12-30-17)14-8-9-32(28,29)11-14/h1-7,14H,8-12H2. The zero-order valence-electron chi connectivity index (χ0n) is 16.7. The first-order chi connectivity index (χ1) is 15.1. The summed E-state index contributed by atoms with van der Waals surface area (Å²) >= 11 is 0. The zero-order chi connectivity index (χ0) is 22.7. The third kappa shape index (κ3) is 3.57. The number of nitrogens with zero attached hydrogens (tertiary/aromatic N) is 1. The molecule has 0 spiro atoms. The Hall–Kier alpha value is -2.85. The Bertz CT molecular complexity index is 1370. The largest absolute Gasteiger partial charge is 0.478 e. The minimum atomic E-state index is -4.89. The predicted octanol–water partition coefficient (Wildman–Crippen LogP) is 3.82. The van der Waals surface area contributed by atoms with Crippen molar-refractivity contribution in [2.75, 3.05) is 18.2 Å². The molecule has 0 N–H and O–H groups in total. The molecule has 168 valence electrons. The van der Waals surface area contributed by atoms with Gasteiger partial charge in [-0.25, -0.2) is 8.42 Å². The van der Waals surface area contributed by atoms with Crippen molar-refractivity contribution in [3.8, 4) is 16.9 Å². The van der Waals surface area contributed by atoms with Crippen LogP contribution in [-0.4, -0.2) is 37.6 Å². The maximum Gasteiger partial charge on any atom is 0.450 e. The second-order valence-electron chi connectivity index (χ2n) is 8.00. The molecule has 1 aromatic heterocycles. The summed E-state index contributed by atoms with van der Waals surface area (Å²) in [7, 11) is -3.15. The van der Waals surface area contributed by atoms with E-state index in [-0.39, 0.29) is 47.4 Å². The van der Waals surface area contributed by atoms with Gasteiger partial charge in [-0.15, -0.1) is 0 Å². The molecule has 3 aromatic rings. The van der Waals surface area contributed by atoms with Crippen LogP contribution in [0, 0.1) is 0 Å². The summed E-state index contributed by atoms with van der Waals surface area (Å²) in [6.45, 7) is 0.231. The van der Waals surface area contributed by atoms with Crippen molar-refractivity contribution in [3.05, 3.63) is 64.0 Å². The number of ether oxygens (including phenoxy) is 1. The van der Waals surface area contributed by atoms with Gasteiger partial charge in [0.05, 0.1) is 28.0 Å². The summed E-state index contributed by atoms with van der Waals surface area (Å²) in [5, 5.41) is 0.0140. The third-order valence-electron chi connectivity index (χ3n) is 5.91. The molecule has 1 saturated heterocycles. The van der Waals surface area contributed by atoms with Crippen molar-refractivity contribution in [3.63, 3.8) is 0 Å². The topological polar surface area (TPSA) is 76.8 Å². The van der Waals surface area contributed by atoms with Crippen LogP contribution in [0.1, 0.15) is 17.7 Å². The molecule has 1 unspecified atom stereocenters. The second-order valence-corrected chi connectivity index (χ2v) is 10.2. The van der Waals surface area contributed by atoms with Crippen molar-refractivity contribution >= 4 is 20.8 Å². The highest BCUT2D eigenvalue weighted by Crippen LogP contribution is 2.40. The van der Waals surface area contributed by atoms with Crippen LogP contribution in [0.2, 0.25) is 0 Å². The number of sulfone groups is 1. The van der Waals surface area contributed by atoms with Gasteiger partial charge in [-0.3, -0.25) is 9.69 Å². The molecule has 0 aliphatic carbocycles. The summed E-state index contributed by atoms with van der Waals surface area (Å²) in [4.78, 5) is 15.0. The van der Waals surface area contributed by atoms with Crippen molar-refractivity contribution in [1.82, 2.24) is 4.90 Å². The third-order valence-corrected chi connectivity index (χ3v) is 7.66. The van der Waals surface area contributed by atoms with E-state index >= 15 is 0 Å². The van der Waals surface area contributed by atoms with E-state index < -0.39 is 32.8 Å². The van der Waals surface area contributed by atoms with E-state index in [0.717, 1.165) is 0 Å². The van der Waals surface area contributed by atoms with Crippen LogP contribution < -0.4 is 10.2 Å². The number of alkyl halides is 3. The molecule has 0 amide bonds. The van der Waals surface area contributed by atoms with E-state index in [2.05, 4.69) is 0 Å². The summed E-state index contributed by atoms with van der Waals surface area (Å²) in [5.41, 5.74) is -1.10. The molecule has 0 bridgehead atoms. The Labute approximate surface area is 181 Å². The normalized spacial score (nSPS) is 20.8. The van der Waals surface area contributed by atoms with Crippen LogP contribution in [0.5, 0.6) is 5.75 Å². The van der Waals surface area contributed by atoms with Crippen LogP contribution in [0.3, 0.4) is 0 Å². The first-order valence-corrected chi connectivity index (χ1v) is 11.8. The first-order valence-electron chi connectivity index (χ1n) is 9.96. The van der Waals surface area contributed by atoms with Crippen LogP contribution in [0.15, 0.2) is 51.7 Å². The number of halogens is 3. The van der Waals surface area contributed by atoms with E-state index in [4.69, 9.17) is 9.15 Å². The van der Waals surface area contributed by atoms with Gasteiger partial charge in [-0.05, 0) is 24.1 Å². The van der Waals surface area contributed by atoms with Crippen molar-refractivity contribution in [1.29, 1.82) is 0 Å². The lowest BCUT2D eigenvalue weighted by molar-refractivity contribution is -0.152. The Morgan fingerprint density at radius 1 is 1.06 bits per heavy atom. The van der Waals surface area contributed by atoms with E-state index in [0.29, 0.717) is 17.7 Å². The van der Waals surface area contributed by atoms with Crippen LogP contribution >= 0.6 is 0 Å². The molecule has 32 heavy (non-hydrogen) atoms. The average Bonchev–Trinajstić information content (AvgIpc) is 3.12. The molecule has 1 fully saturated rings. The first kappa shape index (κ1) is 21.0.